The first kappa shape index (κ1) is 12.2. The Balaban J connectivity index is 2.06. The van der Waals surface area contributed by atoms with Crippen LogP contribution in [0, 0.1) is 10.8 Å². The van der Waals surface area contributed by atoms with E-state index in [1.165, 1.54) is 4.90 Å². The van der Waals surface area contributed by atoms with Crippen LogP contribution in [0.3, 0.4) is 0 Å². The molecule has 0 spiro atoms. The van der Waals surface area contributed by atoms with E-state index in [1.807, 2.05) is 0 Å². The third-order valence-corrected chi connectivity index (χ3v) is 5.14. The lowest BCUT2D eigenvalue weighted by atomic mass is 10.0. The summed E-state index contributed by atoms with van der Waals surface area (Å²) in [5.74, 6) is -0.403. The summed E-state index contributed by atoms with van der Waals surface area (Å²) >= 11 is 0. The molecule has 2 aliphatic rings. The summed E-state index contributed by atoms with van der Waals surface area (Å²) in [7, 11) is 0. The van der Waals surface area contributed by atoms with Crippen molar-refractivity contribution in [2.75, 3.05) is 5.73 Å². The van der Waals surface area contributed by atoms with Crippen molar-refractivity contribution in [1.82, 2.24) is 4.90 Å². The average molecular weight is 258 g/mol. The molecule has 4 nitrogen and oxygen atoms in total. The second-order valence-corrected chi connectivity index (χ2v) is 6.63. The second kappa shape index (κ2) is 3.18. The van der Waals surface area contributed by atoms with E-state index in [1.54, 1.807) is 18.2 Å². The van der Waals surface area contributed by atoms with Gasteiger partial charge < -0.3 is 5.73 Å². The van der Waals surface area contributed by atoms with Crippen LogP contribution in [-0.2, 0) is 0 Å². The van der Waals surface area contributed by atoms with Crippen molar-refractivity contribution in [3.05, 3.63) is 29.3 Å². The smallest absolute Gasteiger partial charge is 0.261 e. The quantitative estimate of drug-likeness (QED) is 0.621. The van der Waals surface area contributed by atoms with Gasteiger partial charge in [-0.1, -0.05) is 27.7 Å². The minimum atomic E-state index is -0.212. The number of nitrogens with zero attached hydrogens (tertiary/aromatic N) is 1. The van der Waals surface area contributed by atoms with Crippen LogP contribution in [0.25, 0.3) is 0 Å². The van der Waals surface area contributed by atoms with Gasteiger partial charge in [0.2, 0.25) is 0 Å². The average Bonchev–Trinajstić information content (AvgIpc) is 2.57. The summed E-state index contributed by atoms with van der Waals surface area (Å²) in [6.07, 6.45) is 0. The van der Waals surface area contributed by atoms with Gasteiger partial charge in [0.1, 0.15) is 0 Å². The number of nitrogen functional groups attached to an aromatic ring is 1. The van der Waals surface area contributed by atoms with Gasteiger partial charge >= 0.3 is 0 Å². The number of amides is 2. The van der Waals surface area contributed by atoms with E-state index < -0.39 is 0 Å². The van der Waals surface area contributed by atoms with Gasteiger partial charge in [0.25, 0.3) is 11.8 Å². The molecule has 0 radical (unpaired) electrons. The number of rotatable bonds is 1. The molecule has 0 atom stereocenters. The van der Waals surface area contributed by atoms with Gasteiger partial charge in [-0.15, -0.1) is 0 Å². The van der Waals surface area contributed by atoms with Crippen molar-refractivity contribution >= 4 is 17.5 Å². The minimum absolute atomic E-state index is 0.0476. The molecule has 0 saturated heterocycles. The molecule has 1 saturated carbocycles. The molecule has 1 aromatic carbocycles. The highest BCUT2D eigenvalue weighted by Gasteiger charge is 2.70. The highest BCUT2D eigenvalue weighted by Crippen LogP contribution is 2.66. The Kier molecular flexibility index (Phi) is 2.04. The lowest BCUT2D eigenvalue weighted by Crippen LogP contribution is -2.35. The van der Waals surface area contributed by atoms with Crippen LogP contribution >= 0.6 is 0 Å². The van der Waals surface area contributed by atoms with Gasteiger partial charge in [0.05, 0.1) is 17.2 Å². The zero-order valence-corrected chi connectivity index (χ0v) is 11.7. The molecule has 2 amide bonds. The molecular weight excluding hydrogens is 240 g/mol. The summed E-state index contributed by atoms with van der Waals surface area (Å²) in [5.41, 5.74) is 7.01. The summed E-state index contributed by atoms with van der Waals surface area (Å²) in [4.78, 5) is 26.3. The van der Waals surface area contributed by atoms with Crippen LogP contribution in [0.2, 0.25) is 0 Å². The summed E-state index contributed by atoms with van der Waals surface area (Å²) < 4.78 is 0. The topological polar surface area (TPSA) is 63.4 Å². The molecule has 4 heteroatoms. The Labute approximate surface area is 112 Å². The Morgan fingerprint density at radius 2 is 1.53 bits per heavy atom. The molecular formula is C15H18N2O2. The SMILES string of the molecule is CC1(C)C(N2C(=O)c3ccc(N)cc3C2=O)C1(C)C. The van der Waals surface area contributed by atoms with Crippen LogP contribution in [0.1, 0.15) is 48.4 Å². The van der Waals surface area contributed by atoms with Gasteiger partial charge in [-0.3, -0.25) is 14.5 Å². The Bertz CT molecular complexity index is 603. The van der Waals surface area contributed by atoms with E-state index in [4.69, 9.17) is 5.73 Å². The van der Waals surface area contributed by atoms with E-state index in [2.05, 4.69) is 27.7 Å². The van der Waals surface area contributed by atoms with Gasteiger partial charge in [-0.2, -0.15) is 0 Å². The number of anilines is 1. The fourth-order valence-corrected chi connectivity index (χ4v) is 3.32. The highest BCUT2D eigenvalue weighted by molar-refractivity contribution is 6.22. The molecule has 1 aromatic rings. The van der Waals surface area contributed by atoms with Gasteiger partial charge in [0.15, 0.2) is 0 Å². The standard InChI is InChI=1S/C15H18N2O2/c1-14(2)13(15(14,3)4)17-11(18)9-6-5-8(16)7-10(9)12(17)19/h5-7,13H,16H2,1-4H3. The lowest BCUT2D eigenvalue weighted by molar-refractivity contribution is 0.0613. The third-order valence-electron chi connectivity index (χ3n) is 5.14. The Morgan fingerprint density at radius 3 is 2.05 bits per heavy atom. The second-order valence-electron chi connectivity index (χ2n) is 6.63. The Hall–Kier alpha value is -1.84. The number of benzene rings is 1. The third kappa shape index (κ3) is 1.29. The summed E-state index contributed by atoms with van der Waals surface area (Å²) in [5, 5.41) is 0. The van der Waals surface area contributed by atoms with Gasteiger partial charge in [-0.05, 0) is 29.0 Å². The first-order valence-electron chi connectivity index (χ1n) is 6.47. The maximum Gasteiger partial charge on any atom is 0.261 e. The van der Waals surface area contributed by atoms with Crippen molar-refractivity contribution in [2.24, 2.45) is 10.8 Å². The van der Waals surface area contributed by atoms with Crippen LogP contribution in [0.5, 0.6) is 0 Å². The molecule has 2 N–H and O–H groups in total. The van der Waals surface area contributed by atoms with Crippen molar-refractivity contribution in [1.29, 1.82) is 0 Å². The van der Waals surface area contributed by atoms with Gasteiger partial charge in [-0.25, -0.2) is 0 Å². The summed E-state index contributed by atoms with van der Waals surface area (Å²) in [6, 6.07) is 4.86. The number of carbonyl (C=O) groups excluding carboxylic acids is 2. The molecule has 1 aliphatic heterocycles. The normalized spacial score (nSPS) is 23.7. The molecule has 1 heterocycles. The van der Waals surface area contributed by atoms with E-state index in [0.29, 0.717) is 16.8 Å². The maximum absolute atomic E-state index is 12.5. The largest absolute Gasteiger partial charge is 0.399 e. The monoisotopic (exact) mass is 258 g/mol. The molecule has 0 unspecified atom stereocenters. The highest BCUT2D eigenvalue weighted by atomic mass is 16.2. The van der Waals surface area contributed by atoms with Crippen molar-refractivity contribution in [3.63, 3.8) is 0 Å². The Morgan fingerprint density at radius 1 is 1.00 bits per heavy atom. The zero-order chi connectivity index (χ0) is 14.2. The van der Waals surface area contributed by atoms with Crippen LogP contribution in [-0.4, -0.2) is 22.8 Å². The van der Waals surface area contributed by atoms with E-state index in [-0.39, 0.29) is 28.7 Å². The predicted molar refractivity (Wildman–Crippen MR) is 72.7 cm³/mol. The number of carbonyl (C=O) groups is 2. The number of imide groups is 1. The molecule has 0 bridgehead atoms. The lowest BCUT2D eigenvalue weighted by Gasteiger charge is -2.16. The molecule has 1 aliphatic carbocycles. The number of fused-ring (bicyclic) bond motifs is 1. The maximum atomic E-state index is 12.5. The van der Waals surface area contributed by atoms with E-state index >= 15 is 0 Å². The minimum Gasteiger partial charge on any atom is -0.399 e. The van der Waals surface area contributed by atoms with Gasteiger partial charge in [0, 0.05) is 5.69 Å². The predicted octanol–water partition coefficient (Wildman–Crippen LogP) is 2.30. The molecule has 0 aromatic heterocycles. The van der Waals surface area contributed by atoms with Crippen molar-refractivity contribution < 1.29 is 9.59 Å². The first-order chi connectivity index (χ1) is 8.69. The van der Waals surface area contributed by atoms with Crippen LogP contribution in [0.15, 0.2) is 18.2 Å². The molecule has 3 rings (SSSR count). The van der Waals surface area contributed by atoms with Crippen LogP contribution < -0.4 is 5.73 Å². The number of hydrogen-bond donors (Lipinski definition) is 1. The first-order valence-corrected chi connectivity index (χ1v) is 6.47. The summed E-state index contributed by atoms with van der Waals surface area (Å²) in [6.45, 7) is 8.37. The van der Waals surface area contributed by atoms with Crippen molar-refractivity contribution in [3.8, 4) is 0 Å². The fourth-order valence-electron chi connectivity index (χ4n) is 3.32. The van der Waals surface area contributed by atoms with E-state index in [9.17, 15) is 9.59 Å². The zero-order valence-electron chi connectivity index (χ0n) is 11.7. The van der Waals surface area contributed by atoms with Crippen LogP contribution in [0.4, 0.5) is 5.69 Å². The van der Waals surface area contributed by atoms with Crippen molar-refractivity contribution in [2.45, 2.75) is 33.7 Å². The van der Waals surface area contributed by atoms with E-state index in [0.717, 1.165) is 0 Å². The molecule has 19 heavy (non-hydrogen) atoms. The molecule has 100 valence electrons. The number of hydrogen-bond acceptors (Lipinski definition) is 3. The molecule has 1 fully saturated rings. The fraction of sp³-hybridized carbons (Fsp3) is 0.467. The number of nitrogens with two attached hydrogens (primary N) is 1.